The second-order valence-electron chi connectivity index (χ2n) is 8.21. The molecule has 32 heavy (non-hydrogen) atoms. The van der Waals surface area contributed by atoms with E-state index in [4.69, 9.17) is 0 Å². The molecule has 2 saturated heterocycles. The van der Waals surface area contributed by atoms with Gasteiger partial charge in [0.2, 0.25) is 5.91 Å². The van der Waals surface area contributed by atoms with E-state index in [9.17, 15) is 19.2 Å². The first kappa shape index (κ1) is 22.1. The van der Waals surface area contributed by atoms with Crippen LogP contribution in [0.1, 0.15) is 25.3 Å². The van der Waals surface area contributed by atoms with Gasteiger partial charge >= 0.3 is 0 Å². The molecule has 2 amide bonds. The first-order chi connectivity index (χ1) is 15.5. The van der Waals surface area contributed by atoms with Gasteiger partial charge in [-0.25, -0.2) is 4.39 Å². The summed E-state index contributed by atoms with van der Waals surface area (Å²) in [7, 11) is 0. The van der Waals surface area contributed by atoms with Crippen molar-refractivity contribution >= 4 is 29.3 Å². The molecule has 1 atom stereocenters. The van der Waals surface area contributed by atoms with Crippen LogP contribution in [-0.2, 0) is 16.0 Å². The fourth-order valence-corrected chi connectivity index (χ4v) is 5.30. The number of nitriles is 1. The third kappa shape index (κ3) is 4.56. The molecule has 2 heterocycles. The van der Waals surface area contributed by atoms with E-state index in [1.165, 1.54) is 28.8 Å². The van der Waals surface area contributed by atoms with Crippen LogP contribution < -0.4 is 4.90 Å². The average molecular weight is 450 g/mol. The van der Waals surface area contributed by atoms with Gasteiger partial charge < -0.3 is 4.90 Å². The van der Waals surface area contributed by atoms with E-state index < -0.39 is 5.25 Å². The lowest BCUT2D eigenvalue weighted by molar-refractivity contribution is -0.128. The molecule has 0 unspecified atom stereocenters. The van der Waals surface area contributed by atoms with Crippen LogP contribution in [0, 0.1) is 23.1 Å². The predicted molar refractivity (Wildman–Crippen MR) is 123 cm³/mol. The van der Waals surface area contributed by atoms with Crippen molar-refractivity contribution in [3.05, 3.63) is 76.6 Å². The quantitative estimate of drug-likeness (QED) is 0.509. The summed E-state index contributed by atoms with van der Waals surface area (Å²) in [4.78, 5) is 29.9. The maximum absolute atomic E-state index is 13.4. The standard InChI is InChI=1S/C25H24FN3O2S/c1-17-11-13-28(14-12-17)23(30)21(16-27)25-29(20-5-3-2-4-6-20)24(31)22(32-25)15-18-7-9-19(26)10-8-18/h2-10,17,22H,11-15H2,1H3/b25-21-/t22-/m1/s1. The highest BCUT2D eigenvalue weighted by atomic mass is 32.2. The highest BCUT2D eigenvalue weighted by Gasteiger charge is 2.41. The second kappa shape index (κ2) is 9.58. The molecule has 0 saturated carbocycles. The van der Waals surface area contributed by atoms with Crippen molar-refractivity contribution < 1.29 is 14.0 Å². The van der Waals surface area contributed by atoms with E-state index in [-0.39, 0.29) is 23.2 Å². The molecule has 2 aliphatic rings. The summed E-state index contributed by atoms with van der Waals surface area (Å²) in [5.74, 6) is -0.286. The van der Waals surface area contributed by atoms with E-state index in [1.54, 1.807) is 29.2 Å². The number of amides is 2. The van der Waals surface area contributed by atoms with E-state index >= 15 is 0 Å². The summed E-state index contributed by atoms with van der Waals surface area (Å²) in [5, 5.41) is 9.82. The topological polar surface area (TPSA) is 64.4 Å². The largest absolute Gasteiger partial charge is 0.338 e. The van der Waals surface area contributed by atoms with Gasteiger partial charge in [-0.15, -0.1) is 0 Å². The van der Waals surface area contributed by atoms with Gasteiger partial charge in [-0.2, -0.15) is 5.26 Å². The van der Waals surface area contributed by atoms with Crippen LogP contribution in [0.3, 0.4) is 0 Å². The van der Waals surface area contributed by atoms with Crippen LogP contribution in [0.4, 0.5) is 10.1 Å². The summed E-state index contributed by atoms with van der Waals surface area (Å²) < 4.78 is 13.3. The van der Waals surface area contributed by atoms with Gasteiger partial charge in [0, 0.05) is 18.8 Å². The zero-order chi connectivity index (χ0) is 22.7. The molecular formula is C25H24FN3O2S. The summed E-state index contributed by atoms with van der Waals surface area (Å²) in [6, 6.07) is 17.2. The molecular weight excluding hydrogens is 425 g/mol. The Morgan fingerprint density at radius 1 is 1.12 bits per heavy atom. The third-order valence-corrected chi connectivity index (χ3v) is 7.17. The summed E-state index contributed by atoms with van der Waals surface area (Å²) in [6.07, 6.45) is 2.19. The van der Waals surface area contributed by atoms with Crippen LogP contribution in [0.25, 0.3) is 0 Å². The lowest BCUT2D eigenvalue weighted by atomic mass is 9.99. The van der Waals surface area contributed by atoms with Crippen molar-refractivity contribution in [2.45, 2.75) is 31.4 Å². The monoisotopic (exact) mass is 449 g/mol. The summed E-state index contributed by atoms with van der Waals surface area (Å²) >= 11 is 1.24. The van der Waals surface area contributed by atoms with Gasteiger partial charge in [-0.3, -0.25) is 14.5 Å². The predicted octanol–water partition coefficient (Wildman–Crippen LogP) is 4.51. The third-order valence-electron chi connectivity index (χ3n) is 5.91. The van der Waals surface area contributed by atoms with E-state index in [2.05, 4.69) is 13.0 Å². The van der Waals surface area contributed by atoms with Crippen molar-refractivity contribution in [2.75, 3.05) is 18.0 Å². The number of hydrogen-bond acceptors (Lipinski definition) is 4. The Morgan fingerprint density at radius 3 is 2.41 bits per heavy atom. The fraction of sp³-hybridized carbons (Fsp3) is 0.320. The maximum Gasteiger partial charge on any atom is 0.267 e. The molecule has 0 aromatic heterocycles. The van der Waals surface area contributed by atoms with E-state index in [0.717, 1.165) is 18.4 Å². The average Bonchev–Trinajstić information content (AvgIpc) is 3.12. The van der Waals surface area contributed by atoms with Crippen molar-refractivity contribution in [2.24, 2.45) is 5.92 Å². The Kier molecular flexibility index (Phi) is 6.61. The summed E-state index contributed by atoms with van der Waals surface area (Å²) in [6.45, 7) is 3.39. The molecule has 164 valence electrons. The molecule has 5 nitrogen and oxygen atoms in total. The van der Waals surface area contributed by atoms with Gasteiger partial charge in [-0.1, -0.05) is 49.0 Å². The number of anilines is 1. The number of para-hydroxylation sites is 1. The Hall–Kier alpha value is -3.11. The fourth-order valence-electron chi connectivity index (χ4n) is 3.99. The van der Waals surface area contributed by atoms with Crippen LogP contribution in [-0.4, -0.2) is 35.1 Å². The lowest BCUT2D eigenvalue weighted by Crippen LogP contribution is -2.39. The zero-order valence-electron chi connectivity index (χ0n) is 17.8. The van der Waals surface area contributed by atoms with Crippen LogP contribution in [0.5, 0.6) is 0 Å². The first-order valence-corrected chi connectivity index (χ1v) is 11.6. The number of rotatable bonds is 4. The van der Waals surface area contributed by atoms with Crippen molar-refractivity contribution in [3.8, 4) is 6.07 Å². The van der Waals surface area contributed by atoms with Crippen molar-refractivity contribution in [1.82, 2.24) is 4.90 Å². The molecule has 2 aliphatic heterocycles. The second-order valence-corrected chi connectivity index (χ2v) is 9.40. The molecule has 0 radical (unpaired) electrons. The van der Waals surface area contributed by atoms with Crippen molar-refractivity contribution in [3.63, 3.8) is 0 Å². The molecule has 7 heteroatoms. The van der Waals surface area contributed by atoms with Gasteiger partial charge in [0.05, 0.1) is 5.25 Å². The highest BCUT2D eigenvalue weighted by Crippen LogP contribution is 2.42. The normalized spacial score (nSPS) is 20.9. The Balaban J connectivity index is 1.69. The molecule has 0 bridgehead atoms. The smallest absolute Gasteiger partial charge is 0.267 e. The number of halogens is 1. The number of likely N-dealkylation sites (tertiary alicyclic amines) is 1. The molecule has 2 aromatic rings. The molecule has 2 aromatic carbocycles. The highest BCUT2D eigenvalue weighted by molar-refractivity contribution is 8.05. The van der Waals surface area contributed by atoms with Crippen LogP contribution in [0.2, 0.25) is 0 Å². The van der Waals surface area contributed by atoms with E-state index in [0.29, 0.717) is 36.1 Å². The lowest BCUT2D eigenvalue weighted by Gasteiger charge is -2.30. The number of nitrogens with zero attached hydrogens (tertiary/aromatic N) is 3. The minimum atomic E-state index is -0.506. The SMILES string of the molecule is CC1CCN(C(=O)/C(C#N)=C2\S[C@H](Cc3ccc(F)cc3)C(=O)N2c2ccccc2)CC1. The molecule has 0 N–H and O–H groups in total. The van der Waals surface area contributed by atoms with E-state index in [1.807, 2.05) is 18.2 Å². The molecule has 2 fully saturated rings. The van der Waals surface area contributed by atoms with Gasteiger partial charge in [-0.05, 0) is 55.0 Å². The van der Waals surface area contributed by atoms with Crippen LogP contribution in [0.15, 0.2) is 65.2 Å². The zero-order valence-corrected chi connectivity index (χ0v) is 18.6. The number of hydrogen-bond donors (Lipinski definition) is 0. The van der Waals surface area contributed by atoms with Crippen molar-refractivity contribution in [1.29, 1.82) is 5.26 Å². The van der Waals surface area contributed by atoms with Crippen LogP contribution >= 0.6 is 11.8 Å². The molecule has 0 spiro atoms. The van der Waals surface area contributed by atoms with Gasteiger partial charge in [0.1, 0.15) is 22.5 Å². The van der Waals surface area contributed by atoms with Gasteiger partial charge in [0.15, 0.2) is 0 Å². The summed E-state index contributed by atoms with van der Waals surface area (Å²) in [5.41, 5.74) is 1.44. The Morgan fingerprint density at radius 2 is 1.78 bits per heavy atom. The Bertz CT molecular complexity index is 1070. The minimum Gasteiger partial charge on any atom is -0.338 e. The van der Waals surface area contributed by atoms with Gasteiger partial charge in [0.25, 0.3) is 5.91 Å². The molecule has 4 rings (SSSR count). The number of carbonyl (C=O) groups excluding carboxylic acids is 2. The number of piperidine rings is 1. The number of carbonyl (C=O) groups is 2. The Labute approximate surface area is 191 Å². The first-order valence-electron chi connectivity index (χ1n) is 10.7. The molecule has 0 aliphatic carbocycles. The number of thioether (sulfide) groups is 1. The minimum absolute atomic E-state index is 0.00311. The number of benzene rings is 2. The maximum atomic E-state index is 13.4.